The highest BCUT2D eigenvalue weighted by Gasteiger charge is 1.95. The Bertz CT molecular complexity index is 611. The van der Waals surface area contributed by atoms with Gasteiger partial charge in [0.05, 0.1) is 23.8 Å². The lowest BCUT2D eigenvalue weighted by molar-refractivity contribution is -0.118. The van der Waals surface area contributed by atoms with Crippen molar-refractivity contribution in [2.24, 2.45) is 0 Å². The summed E-state index contributed by atoms with van der Waals surface area (Å²) in [4.78, 5) is 19.2. The van der Waals surface area contributed by atoms with Gasteiger partial charge in [-0.15, -0.1) is 0 Å². The molecule has 0 unspecified atom stereocenters. The predicted octanol–water partition coefficient (Wildman–Crippen LogP) is 1.12. The number of aromatic nitrogens is 2. The topological polar surface area (TPSA) is 54.9 Å². The van der Waals surface area contributed by atoms with Gasteiger partial charge in [-0.25, -0.2) is 4.98 Å². The van der Waals surface area contributed by atoms with E-state index >= 15 is 0 Å². The van der Waals surface area contributed by atoms with Crippen LogP contribution in [0.1, 0.15) is 12.6 Å². The molecule has 0 atom stereocenters. The van der Waals surface area contributed by atoms with E-state index in [9.17, 15) is 4.79 Å². The summed E-state index contributed by atoms with van der Waals surface area (Å²) >= 11 is 0. The molecule has 0 aliphatic rings. The van der Waals surface area contributed by atoms with E-state index in [-0.39, 0.29) is 5.91 Å². The first kappa shape index (κ1) is 11.1. The Morgan fingerprint density at radius 3 is 2.88 bits per heavy atom. The van der Waals surface area contributed by atoms with Gasteiger partial charge in [-0.3, -0.25) is 9.78 Å². The largest absolute Gasteiger partial charge is 0.345 e. The highest BCUT2D eigenvalue weighted by atomic mass is 16.1. The van der Waals surface area contributed by atoms with Crippen molar-refractivity contribution in [3.05, 3.63) is 36.2 Å². The second kappa shape index (κ2) is 5.08. The van der Waals surface area contributed by atoms with Gasteiger partial charge in [0.25, 0.3) is 0 Å². The van der Waals surface area contributed by atoms with Crippen LogP contribution < -0.4 is 5.32 Å². The molecule has 4 heteroatoms. The van der Waals surface area contributed by atoms with Crippen molar-refractivity contribution in [1.29, 1.82) is 0 Å². The summed E-state index contributed by atoms with van der Waals surface area (Å²) in [5.41, 5.74) is 2.27. The third-order valence-electron chi connectivity index (χ3n) is 2.09. The lowest BCUT2D eigenvalue weighted by Crippen LogP contribution is -2.19. The molecule has 84 valence electrons. The molecule has 0 bridgehead atoms. The molecule has 0 aliphatic carbocycles. The lowest BCUT2D eigenvalue weighted by atomic mass is 10.3. The number of para-hydroxylation sites is 2. The molecule has 0 saturated carbocycles. The van der Waals surface area contributed by atoms with Crippen molar-refractivity contribution in [3.8, 4) is 11.8 Å². The number of hydrogen-bond donors (Lipinski definition) is 1. The number of fused-ring (bicyclic) bond motifs is 1. The minimum Gasteiger partial charge on any atom is -0.345 e. The van der Waals surface area contributed by atoms with Crippen LogP contribution in [0.3, 0.4) is 0 Å². The molecule has 0 aliphatic heterocycles. The summed E-state index contributed by atoms with van der Waals surface area (Å²) in [7, 11) is 0. The molecule has 2 aromatic rings. The predicted molar refractivity (Wildman–Crippen MR) is 65.1 cm³/mol. The van der Waals surface area contributed by atoms with E-state index in [0.29, 0.717) is 12.2 Å². The number of carbonyl (C=O) groups is 1. The van der Waals surface area contributed by atoms with E-state index in [4.69, 9.17) is 0 Å². The first-order chi connectivity index (χ1) is 8.25. The summed E-state index contributed by atoms with van der Waals surface area (Å²) in [6, 6.07) is 7.61. The molecule has 1 aromatic carbocycles. The summed E-state index contributed by atoms with van der Waals surface area (Å²) in [6.07, 6.45) is 1.63. The molecule has 0 fully saturated rings. The minimum atomic E-state index is -0.0936. The van der Waals surface area contributed by atoms with Crippen LogP contribution in [0, 0.1) is 11.8 Å². The van der Waals surface area contributed by atoms with Crippen LogP contribution in [-0.4, -0.2) is 22.4 Å². The average molecular weight is 225 g/mol. The van der Waals surface area contributed by atoms with Crippen LogP contribution >= 0.6 is 0 Å². The highest BCUT2D eigenvalue weighted by Crippen LogP contribution is 2.07. The molecule has 1 aromatic heterocycles. The van der Waals surface area contributed by atoms with E-state index in [1.807, 2.05) is 24.3 Å². The van der Waals surface area contributed by atoms with E-state index in [0.717, 1.165) is 11.0 Å². The fraction of sp³-hybridized carbons (Fsp3) is 0.154. The Kier molecular flexibility index (Phi) is 3.31. The van der Waals surface area contributed by atoms with Crippen molar-refractivity contribution in [3.63, 3.8) is 0 Å². The Labute approximate surface area is 99.1 Å². The van der Waals surface area contributed by atoms with Crippen molar-refractivity contribution >= 4 is 16.9 Å². The van der Waals surface area contributed by atoms with Crippen molar-refractivity contribution in [2.45, 2.75) is 6.92 Å². The van der Waals surface area contributed by atoms with E-state index in [1.54, 1.807) is 6.20 Å². The van der Waals surface area contributed by atoms with Gasteiger partial charge < -0.3 is 5.32 Å². The maximum Gasteiger partial charge on any atom is 0.217 e. The molecule has 1 N–H and O–H groups in total. The van der Waals surface area contributed by atoms with Gasteiger partial charge in [0, 0.05) is 6.92 Å². The Hall–Kier alpha value is -2.41. The van der Waals surface area contributed by atoms with Gasteiger partial charge in [-0.2, -0.15) is 0 Å². The Morgan fingerprint density at radius 2 is 2.12 bits per heavy atom. The van der Waals surface area contributed by atoms with Crippen LogP contribution in [0.25, 0.3) is 11.0 Å². The minimum absolute atomic E-state index is 0.0936. The summed E-state index contributed by atoms with van der Waals surface area (Å²) in [5, 5.41) is 2.59. The van der Waals surface area contributed by atoms with Gasteiger partial charge in [-0.05, 0) is 18.1 Å². The molecule has 4 nitrogen and oxygen atoms in total. The number of nitrogens with zero attached hydrogens (tertiary/aromatic N) is 2. The molecular weight excluding hydrogens is 214 g/mol. The quantitative estimate of drug-likeness (QED) is 0.740. The fourth-order valence-corrected chi connectivity index (χ4v) is 1.32. The molecule has 0 saturated heterocycles. The number of rotatable bonds is 1. The Morgan fingerprint density at radius 1 is 1.35 bits per heavy atom. The molecule has 1 amide bonds. The summed E-state index contributed by atoms with van der Waals surface area (Å²) < 4.78 is 0. The third-order valence-corrected chi connectivity index (χ3v) is 2.09. The molecule has 1 heterocycles. The van der Waals surface area contributed by atoms with Crippen molar-refractivity contribution < 1.29 is 4.79 Å². The van der Waals surface area contributed by atoms with Gasteiger partial charge in [0.15, 0.2) is 0 Å². The highest BCUT2D eigenvalue weighted by molar-refractivity contribution is 5.74. The fourth-order valence-electron chi connectivity index (χ4n) is 1.32. The van der Waals surface area contributed by atoms with Crippen molar-refractivity contribution in [1.82, 2.24) is 15.3 Å². The third kappa shape index (κ3) is 3.02. The van der Waals surface area contributed by atoms with Crippen molar-refractivity contribution in [2.75, 3.05) is 6.54 Å². The van der Waals surface area contributed by atoms with E-state index in [2.05, 4.69) is 27.1 Å². The van der Waals surface area contributed by atoms with Gasteiger partial charge in [-0.1, -0.05) is 18.1 Å². The van der Waals surface area contributed by atoms with Crippen LogP contribution in [0.2, 0.25) is 0 Å². The Balaban J connectivity index is 2.16. The second-order valence-electron chi connectivity index (χ2n) is 3.46. The molecule has 2 rings (SSSR count). The first-order valence-corrected chi connectivity index (χ1v) is 5.21. The van der Waals surface area contributed by atoms with Crippen LogP contribution in [0.5, 0.6) is 0 Å². The van der Waals surface area contributed by atoms with E-state index < -0.39 is 0 Å². The standard InChI is InChI=1S/C13H11N3O/c1-10(17)14-8-4-5-11-9-15-12-6-2-3-7-13(12)16-11/h2-3,6-7,9H,8H2,1H3,(H,14,17). The monoisotopic (exact) mass is 225 g/mol. The normalized spacial score (nSPS) is 9.47. The summed E-state index contributed by atoms with van der Waals surface area (Å²) in [5.74, 6) is 5.57. The van der Waals surface area contributed by atoms with Gasteiger partial charge >= 0.3 is 0 Å². The maximum absolute atomic E-state index is 10.6. The number of amides is 1. The lowest BCUT2D eigenvalue weighted by Gasteiger charge is -1.95. The van der Waals surface area contributed by atoms with Crippen LogP contribution in [0.4, 0.5) is 0 Å². The number of benzene rings is 1. The molecular formula is C13H11N3O. The zero-order valence-corrected chi connectivity index (χ0v) is 9.40. The molecule has 0 radical (unpaired) electrons. The maximum atomic E-state index is 10.6. The molecule has 0 spiro atoms. The average Bonchev–Trinajstić information content (AvgIpc) is 2.34. The number of nitrogens with one attached hydrogen (secondary N) is 1. The number of carbonyl (C=O) groups excluding carboxylic acids is 1. The van der Waals surface area contributed by atoms with Gasteiger partial charge in [0.2, 0.25) is 5.91 Å². The van der Waals surface area contributed by atoms with Crippen LogP contribution in [-0.2, 0) is 4.79 Å². The zero-order valence-electron chi connectivity index (χ0n) is 9.40. The van der Waals surface area contributed by atoms with E-state index in [1.165, 1.54) is 6.92 Å². The molecule has 17 heavy (non-hydrogen) atoms. The zero-order chi connectivity index (χ0) is 12.1. The first-order valence-electron chi connectivity index (χ1n) is 5.21. The van der Waals surface area contributed by atoms with Crippen LogP contribution in [0.15, 0.2) is 30.5 Å². The smallest absolute Gasteiger partial charge is 0.217 e. The second-order valence-corrected chi connectivity index (χ2v) is 3.46. The number of hydrogen-bond acceptors (Lipinski definition) is 3. The summed E-state index contributed by atoms with van der Waals surface area (Å²) in [6.45, 7) is 1.78. The SMILES string of the molecule is CC(=O)NCC#Cc1cnc2ccccc2n1. The van der Waals surface area contributed by atoms with Gasteiger partial charge in [0.1, 0.15) is 5.69 Å².